The predicted octanol–water partition coefficient (Wildman–Crippen LogP) is 2.49. The fourth-order valence-electron chi connectivity index (χ4n) is 2.40. The van der Waals surface area contributed by atoms with Gasteiger partial charge in [-0.05, 0) is 18.6 Å². The van der Waals surface area contributed by atoms with E-state index in [2.05, 4.69) is 9.72 Å². The van der Waals surface area contributed by atoms with E-state index >= 15 is 0 Å². The summed E-state index contributed by atoms with van der Waals surface area (Å²) < 4.78 is 26.0. The summed E-state index contributed by atoms with van der Waals surface area (Å²) in [6.07, 6.45) is 1.02. The van der Waals surface area contributed by atoms with Gasteiger partial charge in [-0.1, -0.05) is 0 Å². The van der Waals surface area contributed by atoms with Crippen molar-refractivity contribution in [3.63, 3.8) is 0 Å². The third-order valence-corrected chi connectivity index (χ3v) is 3.85. The van der Waals surface area contributed by atoms with Gasteiger partial charge in [0.05, 0.1) is 36.7 Å². The van der Waals surface area contributed by atoms with Crippen LogP contribution in [-0.4, -0.2) is 35.3 Å². The molecule has 0 unspecified atom stereocenters. The Kier molecular flexibility index (Phi) is 3.82. The second-order valence-corrected chi connectivity index (χ2v) is 5.14. The Balaban J connectivity index is 2.12. The highest BCUT2D eigenvalue weighted by Crippen LogP contribution is 2.25. The number of fused-ring (bicyclic) bond motifs is 1. The molecule has 1 aromatic carbocycles. The molecule has 0 radical (unpaired) electrons. The van der Waals surface area contributed by atoms with Crippen molar-refractivity contribution in [1.29, 1.82) is 0 Å². The van der Waals surface area contributed by atoms with Gasteiger partial charge in [-0.15, -0.1) is 11.6 Å². The van der Waals surface area contributed by atoms with Crippen molar-refractivity contribution in [2.45, 2.75) is 24.9 Å². The van der Waals surface area contributed by atoms with Crippen LogP contribution >= 0.6 is 11.6 Å². The first-order chi connectivity index (χ1) is 10.1. The largest absolute Gasteiger partial charge is 0.465 e. The maximum atomic E-state index is 14.1. The maximum Gasteiger partial charge on any atom is 0.338 e. The van der Waals surface area contributed by atoms with Gasteiger partial charge in [0.1, 0.15) is 11.3 Å². The molecule has 0 aliphatic carbocycles. The predicted molar refractivity (Wildman–Crippen MR) is 74.9 cm³/mol. The van der Waals surface area contributed by atoms with E-state index in [-0.39, 0.29) is 23.1 Å². The third kappa shape index (κ3) is 2.49. The van der Waals surface area contributed by atoms with Gasteiger partial charge in [0, 0.05) is 6.61 Å². The van der Waals surface area contributed by atoms with Crippen molar-refractivity contribution in [2.75, 3.05) is 13.7 Å². The molecule has 3 rings (SSSR count). The number of hydrogen-bond acceptors (Lipinski definition) is 4. The molecule has 0 spiro atoms. The molecule has 2 heterocycles. The van der Waals surface area contributed by atoms with Gasteiger partial charge in [0.15, 0.2) is 5.82 Å². The first-order valence-electron chi connectivity index (χ1n) is 6.58. The minimum absolute atomic E-state index is 0.0780. The van der Waals surface area contributed by atoms with Gasteiger partial charge < -0.3 is 14.0 Å². The number of esters is 1. The second kappa shape index (κ2) is 5.61. The van der Waals surface area contributed by atoms with Crippen LogP contribution in [0.1, 0.15) is 22.6 Å². The van der Waals surface area contributed by atoms with Crippen LogP contribution in [0.25, 0.3) is 11.0 Å². The Morgan fingerprint density at radius 2 is 2.38 bits per heavy atom. The van der Waals surface area contributed by atoms with Crippen LogP contribution in [0.5, 0.6) is 0 Å². The average molecular weight is 313 g/mol. The molecule has 1 atom stereocenters. The standard InChI is InChI=1S/C14H14ClFN2O3/c1-20-14(19)8-4-10(16)13-11(5-8)18(12(6-15)17-13)7-9-2-3-21-9/h4-5,9H,2-3,6-7H2,1H3/t9-/m0/s1. The van der Waals surface area contributed by atoms with Gasteiger partial charge in [-0.25, -0.2) is 14.2 Å². The molecule has 5 nitrogen and oxygen atoms in total. The number of carbonyl (C=O) groups excluding carboxylic acids is 1. The molecule has 7 heteroatoms. The molecule has 2 aromatic rings. The number of hydrogen-bond donors (Lipinski definition) is 0. The van der Waals surface area contributed by atoms with Crippen molar-refractivity contribution in [1.82, 2.24) is 9.55 Å². The molecule has 0 saturated carbocycles. The van der Waals surface area contributed by atoms with E-state index in [0.717, 1.165) is 19.1 Å². The highest BCUT2D eigenvalue weighted by atomic mass is 35.5. The summed E-state index contributed by atoms with van der Waals surface area (Å²) >= 11 is 5.89. The molecule has 21 heavy (non-hydrogen) atoms. The summed E-state index contributed by atoms with van der Waals surface area (Å²) in [6.45, 7) is 1.28. The highest BCUT2D eigenvalue weighted by Gasteiger charge is 2.23. The SMILES string of the molecule is COC(=O)c1cc(F)c2nc(CCl)n(C[C@@H]3CCO3)c2c1. The number of ether oxygens (including phenoxy) is 2. The van der Waals surface area contributed by atoms with Crippen LogP contribution in [0.3, 0.4) is 0 Å². The molecule has 1 aliphatic heterocycles. The number of halogens is 2. The molecule has 1 aromatic heterocycles. The van der Waals surface area contributed by atoms with Gasteiger partial charge in [-0.2, -0.15) is 0 Å². The normalized spacial score (nSPS) is 17.8. The fourth-order valence-corrected chi connectivity index (χ4v) is 2.61. The molecular weight excluding hydrogens is 299 g/mol. The van der Waals surface area contributed by atoms with E-state index in [0.29, 0.717) is 17.9 Å². The third-order valence-electron chi connectivity index (χ3n) is 3.61. The summed E-state index contributed by atoms with van der Waals surface area (Å²) in [5.41, 5.74) is 0.887. The van der Waals surface area contributed by atoms with E-state index in [1.54, 1.807) is 6.07 Å². The first-order valence-corrected chi connectivity index (χ1v) is 7.12. The lowest BCUT2D eigenvalue weighted by Gasteiger charge is -2.27. The van der Waals surface area contributed by atoms with E-state index in [4.69, 9.17) is 16.3 Å². The lowest BCUT2D eigenvalue weighted by atomic mass is 10.1. The maximum absolute atomic E-state index is 14.1. The number of benzene rings is 1. The minimum atomic E-state index is -0.587. The number of methoxy groups -OCH3 is 1. The van der Waals surface area contributed by atoms with Gasteiger partial charge in [0.25, 0.3) is 0 Å². The molecule has 0 amide bonds. The molecule has 1 saturated heterocycles. The fraction of sp³-hybridized carbons (Fsp3) is 0.429. The van der Waals surface area contributed by atoms with E-state index < -0.39 is 11.8 Å². The Morgan fingerprint density at radius 3 is 2.95 bits per heavy atom. The molecule has 0 N–H and O–H groups in total. The molecule has 1 fully saturated rings. The van der Waals surface area contributed by atoms with E-state index in [1.807, 2.05) is 4.57 Å². The minimum Gasteiger partial charge on any atom is -0.465 e. The summed E-state index contributed by atoms with van der Waals surface area (Å²) in [5.74, 6) is -0.430. The molecular formula is C14H14ClFN2O3. The van der Waals surface area contributed by atoms with Crippen molar-refractivity contribution in [3.05, 3.63) is 29.3 Å². The van der Waals surface area contributed by atoms with Crippen molar-refractivity contribution in [3.8, 4) is 0 Å². The number of aromatic nitrogens is 2. The first kappa shape index (κ1) is 14.3. The van der Waals surface area contributed by atoms with Gasteiger partial charge >= 0.3 is 5.97 Å². The van der Waals surface area contributed by atoms with E-state index in [9.17, 15) is 9.18 Å². The zero-order chi connectivity index (χ0) is 15.0. The quantitative estimate of drug-likeness (QED) is 0.643. The second-order valence-electron chi connectivity index (χ2n) is 4.87. The van der Waals surface area contributed by atoms with Crippen LogP contribution in [0, 0.1) is 5.82 Å². The number of alkyl halides is 1. The Bertz CT molecular complexity index is 697. The van der Waals surface area contributed by atoms with Crippen molar-refractivity contribution >= 4 is 28.6 Å². The summed E-state index contributed by atoms with van der Waals surface area (Å²) in [5, 5.41) is 0. The summed E-state index contributed by atoms with van der Waals surface area (Å²) in [6, 6.07) is 2.70. The van der Waals surface area contributed by atoms with Crippen LogP contribution in [0.4, 0.5) is 4.39 Å². The van der Waals surface area contributed by atoms with Crippen molar-refractivity contribution in [2.24, 2.45) is 0 Å². The topological polar surface area (TPSA) is 53.3 Å². The number of nitrogens with zero attached hydrogens (tertiary/aromatic N) is 2. The number of rotatable bonds is 4. The van der Waals surface area contributed by atoms with Gasteiger partial charge in [0.2, 0.25) is 0 Å². The van der Waals surface area contributed by atoms with Crippen LogP contribution in [-0.2, 0) is 21.9 Å². The van der Waals surface area contributed by atoms with Crippen LogP contribution < -0.4 is 0 Å². The Hall–Kier alpha value is -1.66. The lowest BCUT2D eigenvalue weighted by Crippen LogP contribution is -2.31. The summed E-state index contributed by atoms with van der Waals surface area (Å²) in [7, 11) is 1.26. The van der Waals surface area contributed by atoms with Gasteiger partial charge in [-0.3, -0.25) is 0 Å². The Morgan fingerprint density at radius 1 is 1.62 bits per heavy atom. The zero-order valence-corrected chi connectivity index (χ0v) is 12.2. The highest BCUT2D eigenvalue weighted by molar-refractivity contribution is 6.16. The molecule has 1 aliphatic rings. The molecule has 0 bridgehead atoms. The number of carbonyl (C=O) groups is 1. The average Bonchev–Trinajstić information content (AvgIpc) is 2.80. The zero-order valence-electron chi connectivity index (χ0n) is 11.4. The lowest BCUT2D eigenvalue weighted by molar-refractivity contribution is -0.0589. The summed E-state index contributed by atoms with van der Waals surface area (Å²) in [4.78, 5) is 15.8. The monoisotopic (exact) mass is 312 g/mol. The Labute approximate surface area is 125 Å². The van der Waals surface area contributed by atoms with Crippen molar-refractivity contribution < 1.29 is 18.7 Å². The van der Waals surface area contributed by atoms with E-state index in [1.165, 1.54) is 7.11 Å². The smallest absolute Gasteiger partial charge is 0.338 e. The van der Waals surface area contributed by atoms with Crippen LogP contribution in [0.15, 0.2) is 12.1 Å². The van der Waals surface area contributed by atoms with Crippen LogP contribution in [0.2, 0.25) is 0 Å². The number of imidazole rings is 1. The molecule has 112 valence electrons.